The average molecular weight is 404 g/mol. The van der Waals surface area contributed by atoms with Gasteiger partial charge in [0.15, 0.2) is 5.82 Å². The topological polar surface area (TPSA) is 91.2 Å². The molecule has 2 atom stereocenters. The fraction of sp³-hybridized carbons (Fsp3) is 0.350. The number of halogens is 3. The average Bonchev–Trinajstić information content (AvgIpc) is 2.69. The van der Waals surface area contributed by atoms with Gasteiger partial charge in [-0.1, -0.05) is 12.8 Å². The Kier molecular flexibility index (Phi) is 4.99. The van der Waals surface area contributed by atoms with E-state index in [1.54, 1.807) is 12.3 Å². The molecule has 1 fully saturated rings. The SMILES string of the molecule is Oc1cc(C(F)(F)F)ccc1-c1nnc(N[C@@H]2CCCC[C@H]2O)c2cnccc12. The highest BCUT2D eigenvalue weighted by atomic mass is 19.4. The third kappa shape index (κ3) is 3.82. The molecule has 0 radical (unpaired) electrons. The minimum absolute atomic E-state index is 0.144. The van der Waals surface area contributed by atoms with Crippen LogP contribution in [0.3, 0.4) is 0 Å². The van der Waals surface area contributed by atoms with Crippen molar-refractivity contribution in [2.24, 2.45) is 0 Å². The van der Waals surface area contributed by atoms with E-state index in [0.29, 0.717) is 29.1 Å². The Morgan fingerprint density at radius 3 is 2.55 bits per heavy atom. The number of nitrogens with one attached hydrogen (secondary N) is 1. The summed E-state index contributed by atoms with van der Waals surface area (Å²) >= 11 is 0. The number of alkyl halides is 3. The van der Waals surface area contributed by atoms with Crippen LogP contribution in [0.2, 0.25) is 0 Å². The molecule has 2 heterocycles. The van der Waals surface area contributed by atoms with E-state index in [-0.39, 0.29) is 17.3 Å². The zero-order valence-corrected chi connectivity index (χ0v) is 15.3. The number of hydrogen-bond donors (Lipinski definition) is 3. The van der Waals surface area contributed by atoms with Crippen molar-refractivity contribution in [2.45, 2.75) is 44.0 Å². The Morgan fingerprint density at radius 2 is 1.83 bits per heavy atom. The van der Waals surface area contributed by atoms with E-state index in [0.717, 1.165) is 25.3 Å². The van der Waals surface area contributed by atoms with E-state index < -0.39 is 23.6 Å². The molecular formula is C20H19F3N4O2. The van der Waals surface area contributed by atoms with Gasteiger partial charge >= 0.3 is 6.18 Å². The number of phenols is 1. The number of hydrogen-bond acceptors (Lipinski definition) is 6. The Hall–Kier alpha value is -2.94. The van der Waals surface area contributed by atoms with Gasteiger partial charge in [-0.2, -0.15) is 13.2 Å². The van der Waals surface area contributed by atoms with Crippen molar-refractivity contribution in [3.8, 4) is 17.0 Å². The maximum atomic E-state index is 12.9. The fourth-order valence-corrected chi connectivity index (χ4v) is 3.67. The van der Waals surface area contributed by atoms with Crippen LogP contribution in [0.1, 0.15) is 31.2 Å². The molecule has 1 saturated carbocycles. The van der Waals surface area contributed by atoms with Gasteiger partial charge in [0.2, 0.25) is 0 Å². The van der Waals surface area contributed by atoms with Crippen LogP contribution in [-0.4, -0.2) is 37.5 Å². The lowest BCUT2D eigenvalue weighted by Crippen LogP contribution is -2.36. The van der Waals surface area contributed by atoms with Crippen LogP contribution in [0.5, 0.6) is 5.75 Å². The van der Waals surface area contributed by atoms with Gasteiger partial charge in [-0.3, -0.25) is 4.98 Å². The Balaban J connectivity index is 1.76. The number of fused-ring (bicyclic) bond motifs is 1. The summed E-state index contributed by atoms with van der Waals surface area (Å²) in [6.45, 7) is 0. The Bertz CT molecular complexity index is 1040. The third-order valence-electron chi connectivity index (χ3n) is 5.21. The van der Waals surface area contributed by atoms with Gasteiger partial charge in [-0.25, -0.2) is 0 Å². The second kappa shape index (κ2) is 7.47. The monoisotopic (exact) mass is 404 g/mol. The molecule has 1 aliphatic rings. The highest BCUT2D eigenvalue weighted by molar-refractivity contribution is 6.00. The number of phenolic OH excluding ortho intramolecular Hbond substituents is 1. The smallest absolute Gasteiger partial charge is 0.416 e. The third-order valence-corrected chi connectivity index (χ3v) is 5.21. The van der Waals surface area contributed by atoms with Crippen LogP contribution < -0.4 is 5.32 Å². The number of aliphatic hydroxyl groups excluding tert-OH is 1. The molecule has 1 aromatic carbocycles. The highest BCUT2D eigenvalue weighted by Crippen LogP contribution is 2.38. The minimum Gasteiger partial charge on any atom is -0.507 e. The summed E-state index contributed by atoms with van der Waals surface area (Å²) in [4.78, 5) is 4.11. The van der Waals surface area contributed by atoms with Crippen LogP contribution in [0.15, 0.2) is 36.7 Å². The van der Waals surface area contributed by atoms with Crippen molar-refractivity contribution < 1.29 is 23.4 Å². The maximum Gasteiger partial charge on any atom is 0.416 e. The highest BCUT2D eigenvalue weighted by Gasteiger charge is 2.31. The number of aromatic hydroxyl groups is 1. The lowest BCUT2D eigenvalue weighted by atomic mass is 9.92. The Morgan fingerprint density at radius 1 is 1.03 bits per heavy atom. The number of pyridine rings is 1. The van der Waals surface area contributed by atoms with E-state index in [1.807, 2.05) is 0 Å². The molecule has 0 bridgehead atoms. The van der Waals surface area contributed by atoms with Crippen LogP contribution in [0.25, 0.3) is 22.0 Å². The molecule has 152 valence electrons. The van der Waals surface area contributed by atoms with Gasteiger partial charge in [0.05, 0.1) is 17.7 Å². The van der Waals surface area contributed by atoms with E-state index >= 15 is 0 Å². The zero-order valence-electron chi connectivity index (χ0n) is 15.3. The summed E-state index contributed by atoms with van der Waals surface area (Å²) in [6, 6.07) is 4.26. The largest absolute Gasteiger partial charge is 0.507 e. The number of benzene rings is 1. The first kappa shape index (κ1) is 19.4. The van der Waals surface area contributed by atoms with E-state index in [1.165, 1.54) is 12.3 Å². The first-order chi connectivity index (χ1) is 13.8. The van der Waals surface area contributed by atoms with Crippen molar-refractivity contribution in [1.82, 2.24) is 15.2 Å². The minimum atomic E-state index is -4.55. The van der Waals surface area contributed by atoms with Crippen molar-refractivity contribution >= 4 is 16.6 Å². The molecule has 0 spiro atoms. The molecule has 2 aromatic heterocycles. The molecule has 0 saturated heterocycles. The summed E-state index contributed by atoms with van der Waals surface area (Å²) in [5.41, 5.74) is -0.545. The lowest BCUT2D eigenvalue weighted by Gasteiger charge is -2.29. The molecule has 0 aliphatic heterocycles. The summed E-state index contributed by atoms with van der Waals surface area (Å²) in [6.07, 6.45) is 1.54. The number of nitrogens with zero attached hydrogens (tertiary/aromatic N) is 3. The summed E-state index contributed by atoms with van der Waals surface area (Å²) < 4.78 is 38.7. The number of aromatic nitrogens is 3. The van der Waals surface area contributed by atoms with Gasteiger partial charge in [0.1, 0.15) is 11.4 Å². The predicted octanol–water partition coefficient (Wildman–Crippen LogP) is 4.13. The second-order valence-corrected chi connectivity index (χ2v) is 7.15. The van der Waals surface area contributed by atoms with Crippen LogP contribution >= 0.6 is 0 Å². The molecule has 9 heteroatoms. The molecular weight excluding hydrogens is 385 g/mol. The molecule has 4 rings (SSSR count). The van der Waals surface area contributed by atoms with E-state index in [4.69, 9.17) is 0 Å². The summed E-state index contributed by atoms with van der Waals surface area (Å²) in [7, 11) is 0. The standard InChI is InChI=1S/C20H19F3N4O2/c21-20(22,23)11-5-6-13(17(29)9-11)18-12-7-8-24-10-14(12)19(27-26-18)25-15-3-1-2-4-16(15)28/h5-10,15-16,28-29H,1-4H2,(H,25,27)/t15-,16-/m1/s1. The molecule has 29 heavy (non-hydrogen) atoms. The van der Waals surface area contributed by atoms with Gasteiger partial charge in [-0.15, -0.1) is 10.2 Å². The summed E-state index contributed by atoms with van der Waals surface area (Å²) in [5, 5.41) is 33.2. The first-order valence-electron chi connectivity index (χ1n) is 9.30. The van der Waals surface area contributed by atoms with Crippen LogP contribution in [0.4, 0.5) is 19.0 Å². The van der Waals surface area contributed by atoms with Gasteiger partial charge < -0.3 is 15.5 Å². The number of rotatable bonds is 3. The van der Waals surface area contributed by atoms with Crippen LogP contribution in [0, 0.1) is 0 Å². The molecule has 6 nitrogen and oxygen atoms in total. The van der Waals surface area contributed by atoms with Gasteiger partial charge in [-0.05, 0) is 37.1 Å². The van der Waals surface area contributed by atoms with Crippen molar-refractivity contribution in [3.05, 3.63) is 42.2 Å². The van der Waals surface area contributed by atoms with Gasteiger partial charge in [0, 0.05) is 28.7 Å². The maximum absolute atomic E-state index is 12.9. The zero-order chi connectivity index (χ0) is 20.6. The number of aliphatic hydroxyl groups is 1. The van der Waals surface area contributed by atoms with Crippen molar-refractivity contribution in [3.63, 3.8) is 0 Å². The summed E-state index contributed by atoms with van der Waals surface area (Å²) in [5.74, 6) is -0.0927. The van der Waals surface area contributed by atoms with Crippen LogP contribution in [-0.2, 0) is 6.18 Å². The first-order valence-corrected chi connectivity index (χ1v) is 9.30. The van der Waals surface area contributed by atoms with Crippen molar-refractivity contribution in [1.29, 1.82) is 0 Å². The van der Waals surface area contributed by atoms with E-state index in [2.05, 4.69) is 20.5 Å². The second-order valence-electron chi connectivity index (χ2n) is 7.15. The van der Waals surface area contributed by atoms with Gasteiger partial charge in [0.25, 0.3) is 0 Å². The molecule has 3 N–H and O–H groups in total. The molecule has 1 aliphatic carbocycles. The van der Waals surface area contributed by atoms with E-state index in [9.17, 15) is 23.4 Å². The Labute approximate surface area is 164 Å². The lowest BCUT2D eigenvalue weighted by molar-refractivity contribution is -0.137. The quantitative estimate of drug-likeness (QED) is 0.608. The molecule has 0 amide bonds. The predicted molar refractivity (Wildman–Crippen MR) is 101 cm³/mol. The fourth-order valence-electron chi connectivity index (χ4n) is 3.67. The van der Waals surface area contributed by atoms with Crippen molar-refractivity contribution in [2.75, 3.05) is 5.32 Å². The normalized spacial score (nSPS) is 20.0. The number of anilines is 1. The molecule has 3 aromatic rings. The molecule has 0 unspecified atom stereocenters.